The fourth-order valence-corrected chi connectivity index (χ4v) is 1.50. The lowest BCUT2D eigenvalue weighted by Crippen LogP contribution is -2.45. The van der Waals surface area contributed by atoms with Crippen molar-refractivity contribution in [2.45, 2.75) is 18.1 Å². The van der Waals surface area contributed by atoms with Crippen LogP contribution in [-0.4, -0.2) is 17.2 Å². The molecule has 0 bridgehead atoms. The van der Waals surface area contributed by atoms with Gasteiger partial charge in [-0.1, -0.05) is 22.0 Å². The Labute approximate surface area is 101 Å². The summed E-state index contributed by atoms with van der Waals surface area (Å²) in [4.78, 5) is 0. The van der Waals surface area contributed by atoms with E-state index in [4.69, 9.17) is 5.73 Å². The van der Waals surface area contributed by atoms with Gasteiger partial charge < -0.3 is 10.8 Å². The highest BCUT2D eigenvalue weighted by molar-refractivity contribution is 9.10. The van der Waals surface area contributed by atoms with Crippen LogP contribution < -0.4 is 5.73 Å². The number of benzene rings is 1. The van der Waals surface area contributed by atoms with Gasteiger partial charge >= 0.3 is 12.1 Å². The van der Waals surface area contributed by atoms with Crippen molar-refractivity contribution in [2.24, 2.45) is 5.73 Å². The van der Waals surface area contributed by atoms with Crippen molar-refractivity contribution in [1.82, 2.24) is 0 Å². The summed E-state index contributed by atoms with van der Waals surface area (Å²) in [5.41, 5.74) is 4.19. The monoisotopic (exact) mass is 319 g/mol. The van der Waals surface area contributed by atoms with E-state index in [1.165, 1.54) is 6.07 Å². The first-order valence-electron chi connectivity index (χ1n) is 4.26. The van der Waals surface area contributed by atoms with E-state index >= 15 is 0 Å². The Morgan fingerprint density at radius 2 is 1.71 bits per heavy atom. The number of alkyl halides is 5. The number of hydrogen-bond donors (Lipinski definition) is 2. The van der Waals surface area contributed by atoms with Gasteiger partial charge in [-0.05, 0) is 12.1 Å². The number of rotatable bonds is 2. The molecule has 0 spiro atoms. The van der Waals surface area contributed by atoms with Crippen molar-refractivity contribution in [2.75, 3.05) is 0 Å². The third-order valence-corrected chi connectivity index (χ3v) is 2.59. The van der Waals surface area contributed by atoms with E-state index in [0.29, 0.717) is 4.47 Å². The Morgan fingerprint density at radius 3 is 2.12 bits per heavy atom. The van der Waals surface area contributed by atoms with Crippen molar-refractivity contribution < 1.29 is 27.1 Å². The second-order valence-corrected chi connectivity index (χ2v) is 4.22. The van der Waals surface area contributed by atoms with Gasteiger partial charge in [-0.15, -0.1) is 0 Å². The maximum atomic E-state index is 12.9. The third kappa shape index (κ3) is 2.68. The summed E-state index contributed by atoms with van der Waals surface area (Å²) in [7, 11) is 0. The molecule has 0 aliphatic heterocycles. The van der Waals surface area contributed by atoms with E-state index in [1.54, 1.807) is 0 Å². The van der Waals surface area contributed by atoms with Crippen molar-refractivity contribution in [1.29, 1.82) is 0 Å². The van der Waals surface area contributed by atoms with Gasteiger partial charge in [-0.3, -0.25) is 0 Å². The second kappa shape index (κ2) is 4.41. The van der Waals surface area contributed by atoms with Crippen LogP contribution in [0.5, 0.6) is 5.75 Å². The van der Waals surface area contributed by atoms with Crippen LogP contribution in [0.1, 0.15) is 11.6 Å². The van der Waals surface area contributed by atoms with Crippen molar-refractivity contribution in [3.63, 3.8) is 0 Å². The molecule has 1 rings (SSSR count). The first-order valence-corrected chi connectivity index (χ1v) is 5.05. The second-order valence-electron chi connectivity index (χ2n) is 3.30. The van der Waals surface area contributed by atoms with Gasteiger partial charge in [0.05, 0.1) is 0 Å². The maximum Gasteiger partial charge on any atom is 0.455 e. The van der Waals surface area contributed by atoms with Gasteiger partial charge in [0.15, 0.2) is 0 Å². The highest BCUT2D eigenvalue weighted by Gasteiger charge is 2.62. The molecule has 0 saturated heterocycles. The molecule has 0 aromatic heterocycles. The summed E-state index contributed by atoms with van der Waals surface area (Å²) >= 11 is 2.92. The van der Waals surface area contributed by atoms with Gasteiger partial charge in [0, 0.05) is 10.0 Å². The summed E-state index contributed by atoms with van der Waals surface area (Å²) in [5.74, 6) is -5.84. The molecule has 0 radical (unpaired) electrons. The Bertz CT molecular complexity index is 420. The van der Waals surface area contributed by atoms with Crippen LogP contribution in [0.3, 0.4) is 0 Å². The lowest BCUT2D eigenvalue weighted by molar-refractivity contribution is -0.291. The fourth-order valence-electron chi connectivity index (χ4n) is 1.15. The van der Waals surface area contributed by atoms with Gasteiger partial charge in [-0.25, -0.2) is 0 Å². The van der Waals surface area contributed by atoms with Crippen LogP contribution in [0.2, 0.25) is 0 Å². The summed E-state index contributed by atoms with van der Waals surface area (Å²) < 4.78 is 62.3. The number of phenolic OH excluding ortho intramolecular Hbond substituents is 1. The number of hydrogen-bond acceptors (Lipinski definition) is 2. The minimum Gasteiger partial charge on any atom is -0.508 e. The maximum absolute atomic E-state index is 12.9. The molecule has 0 fully saturated rings. The molecule has 1 atom stereocenters. The Morgan fingerprint density at radius 1 is 1.18 bits per heavy atom. The molecule has 17 heavy (non-hydrogen) atoms. The summed E-state index contributed by atoms with van der Waals surface area (Å²) in [5, 5.41) is 9.28. The highest BCUT2D eigenvalue weighted by atomic mass is 79.9. The normalized spacial score (nSPS) is 14.8. The number of aromatic hydroxyl groups is 1. The Hall–Kier alpha value is -0.890. The minimum absolute atomic E-state index is 0.335. The van der Waals surface area contributed by atoms with E-state index < -0.39 is 29.5 Å². The molecule has 0 unspecified atom stereocenters. The fraction of sp³-hybridized carbons (Fsp3) is 0.333. The molecule has 3 N–H and O–H groups in total. The average Bonchev–Trinajstić information content (AvgIpc) is 2.14. The molecule has 0 saturated carbocycles. The molecular formula is C9H7BrF5NO. The Kier molecular flexibility index (Phi) is 3.68. The minimum atomic E-state index is -5.77. The molecule has 1 aromatic rings. The van der Waals surface area contributed by atoms with Crippen molar-refractivity contribution in [3.05, 3.63) is 28.2 Å². The quantitative estimate of drug-likeness (QED) is 0.821. The molecule has 0 aliphatic rings. The lowest BCUT2D eigenvalue weighted by atomic mass is 10.00. The number of halogens is 6. The average molecular weight is 320 g/mol. The third-order valence-electron chi connectivity index (χ3n) is 2.10. The van der Waals surface area contributed by atoms with E-state index in [1.807, 2.05) is 0 Å². The predicted molar refractivity (Wildman–Crippen MR) is 53.7 cm³/mol. The standard InChI is InChI=1S/C9H7BrF5NO/c10-4-1-2-5(6(17)3-4)7(16)8(11,12)9(13,14)15/h1-3,7,17H,16H2/t7-/m1/s1. The van der Waals surface area contributed by atoms with Crippen LogP contribution >= 0.6 is 15.9 Å². The van der Waals surface area contributed by atoms with Crippen LogP contribution in [0.15, 0.2) is 22.7 Å². The van der Waals surface area contributed by atoms with E-state index in [-0.39, 0.29) is 0 Å². The zero-order valence-electron chi connectivity index (χ0n) is 8.10. The highest BCUT2D eigenvalue weighted by Crippen LogP contribution is 2.45. The van der Waals surface area contributed by atoms with Gasteiger partial charge in [0.1, 0.15) is 11.8 Å². The largest absolute Gasteiger partial charge is 0.508 e. The van der Waals surface area contributed by atoms with Gasteiger partial charge in [0.2, 0.25) is 0 Å². The first-order chi connectivity index (χ1) is 7.57. The van der Waals surface area contributed by atoms with E-state index in [0.717, 1.165) is 12.1 Å². The molecule has 0 heterocycles. The molecule has 0 aliphatic carbocycles. The van der Waals surface area contributed by atoms with Gasteiger partial charge in [-0.2, -0.15) is 22.0 Å². The molecule has 8 heteroatoms. The van der Waals surface area contributed by atoms with Gasteiger partial charge in [0.25, 0.3) is 0 Å². The van der Waals surface area contributed by atoms with Crippen LogP contribution in [0.25, 0.3) is 0 Å². The first kappa shape index (κ1) is 14.2. The molecule has 96 valence electrons. The smallest absolute Gasteiger partial charge is 0.455 e. The van der Waals surface area contributed by atoms with Crippen LogP contribution in [0, 0.1) is 0 Å². The summed E-state index contributed by atoms with van der Waals surface area (Å²) in [6, 6.07) is 0.447. The summed E-state index contributed by atoms with van der Waals surface area (Å²) in [6.07, 6.45) is -5.77. The van der Waals surface area contributed by atoms with E-state index in [2.05, 4.69) is 15.9 Å². The zero-order chi connectivity index (χ0) is 13.4. The lowest BCUT2D eigenvalue weighted by Gasteiger charge is -2.26. The van der Waals surface area contributed by atoms with E-state index in [9.17, 15) is 27.1 Å². The molecular weight excluding hydrogens is 313 g/mol. The topological polar surface area (TPSA) is 46.2 Å². The predicted octanol–water partition coefficient (Wildman–Crippen LogP) is 3.35. The zero-order valence-corrected chi connectivity index (χ0v) is 9.69. The SMILES string of the molecule is N[C@H](c1ccc(Br)cc1O)C(F)(F)C(F)(F)F. The number of phenols is 1. The van der Waals surface area contributed by atoms with Crippen molar-refractivity contribution in [3.8, 4) is 5.75 Å². The van der Waals surface area contributed by atoms with Crippen LogP contribution in [0.4, 0.5) is 22.0 Å². The molecule has 2 nitrogen and oxygen atoms in total. The molecule has 0 amide bonds. The Balaban J connectivity index is 3.17. The van der Waals surface area contributed by atoms with Crippen molar-refractivity contribution >= 4 is 15.9 Å². The van der Waals surface area contributed by atoms with Crippen LogP contribution in [-0.2, 0) is 0 Å². The molecule has 1 aromatic carbocycles. The summed E-state index contributed by atoms with van der Waals surface area (Å²) in [6.45, 7) is 0. The number of nitrogens with two attached hydrogens (primary N) is 1.